The van der Waals surface area contributed by atoms with Gasteiger partial charge in [-0.15, -0.1) is 0 Å². The Bertz CT molecular complexity index is 2020. The van der Waals surface area contributed by atoms with Gasteiger partial charge in [0.05, 0.1) is 31.2 Å². The van der Waals surface area contributed by atoms with E-state index in [0.29, 0.717) is 0 Å². The highest BCUT2D eigenvalue weighted by molar-refractivity contribution is 5.99. The maximum absolute atomic E-state index is 14.1. The second-order valence-electron chi connectivity index (χ2n) is 16.2. The molecule has 31 nitrogen and oxygen atoms in total. The minimum absolute atomic E-state index is 0.0000841. The molecule has 0 spiro atoms. The van der Waals surface area contributed by atoms with Crippen molar-refractivity contribution < 1.29 is 68.4 Å². The van der Waals surface area contributed by atoms with Crippen LogP contribution in [0.4, 0.5) is 0 Å². The van der Waals surface area contributed by atoms with Crippen LogP contribution in [0.2, 0.25) is 0 Å². The van der Waals surface area contributed by atoms with Crippen LogP contribution in [0.15, 0.2) is 12.5 Å². The highest BCUT2D eigenvalue weighted by Crippen LogP contribution is 2.20. The lowest BCUT2D eigenvalue weighted by Crippen LogP contribution is -2.61. The molecule has 0 bridgehead atoms. The summed E-state index contributed by atoms with van der Waals surface area (Å²) in [6, 6.07) is -12.5. The van der Waals surface area contributed by atoms with Crippen molar-refractivity contribution in [3.05, 3.63) is 18.2 Å². The molecule has 23 N–H and O–H groups in total. The minimum atomic E-state index is -1.74. The third-order valence-electron chi connectivity index (χ3n) is 10.6. The fourth-order valence-electron chi connectivity index (χ4n) is 6.94. The number of carboxylic acid groups (broad SMARTS) is 2. The molecular formula is C39H65N17O14. The lowest BCUT2D eigenvalue weighted by Gasteiger charge is -2.31. The SMILES string of the molecule is C[C@@H](O)[C@H](NC(=O)[C@@H](N)CO)C(=O)N[C@@H](CC(N)=O)C(=O)N1CCC[C@H]1C(=O)N[C@@H](CCCNC(=N)N)C(=O)N[C@@H](CCC(=O)O)C(=O)N[C@@H](CCCNC(=N)N)C(=O)N[C@@H](Cc1c[nH]cn1)C(=O)O. The summed E-state index contributed by atoms with van der Waals surface area (Å²) in [5.41, 5.74) is 21.9. The number of H-pyrrole nitrogens is 1. The molecule has 0 radical (unpaired) electrons. The average molecular weight is 996 g/mol. The van der Waals surface area contributed by atoms with E-state index in [9.17, 15) is 68.4 Å². The largest absolute Gasteiger partial charge is 0.481 e. The molecule has 2 heterocycles. The van der Waals surface area contributed by atoms with E-state index in [1.54, 1.807) is 0 Å². The first-order valence-electron chi connectivity index (χ1n) is 22.0. The van der Waals surface area contributed by atoms with Crippen LogP contribution in [0.25, 0.3) is 0 Å². The molecule has 1 saturated heterocycles. The Morgan fingerprint density at radius 1 is 0.771 bits per heavy atom. The van der Waals surface area contributed by atoms with Crippen LogP contribution in [-0.4, -0.2) is 187 Å². The van der Waals surface area contributed by atoms with E-state index in [0.717, 1.165) is 11.8 Å². The number of nitrogens with one attached hydrogen (secondary N) is 11. The first-order valence-corrected chi connectivity index (χ1v) is 22.0. The summed E-state index contributed by atoms with van der Waals surface area (Å²) in [6.45, 7) is 0.265. The van der Waals surface area contributed by atoms with E-state index < -0.39 is 151 Å². The number of amides is 8. The number of carbonyl (C=O) groups is 10. The van der Waals surface area contributed by atoms with Crippen LogP contribution in [-0.2, 0) is 54.4 Å². The van der Waals surface area contributed by atoms with E-state index in [4.69, 9.17) is 33.8 Å². The zero-order valence-corrected chi connectivity index (χ0v) is 38.3. The Hall–Kier alpha value is -7.67. The van der Waals surface area contributed by atoms with Gasteiger partial charge in [0.25, 0.3) is 0 Å². The van der Waals surface area contributed by atoms with Crippen molar-refractivity contribution in [2.45, 2.75) is 126 Å². The number of carbonyl (C=O) groups excluding carboxylic acids is 8. The Morgan fingerprint density at radius 3 is 1.77 bits per heavy atom. The predicted molar refractivity (Wildman–Crippen MR) is 242 cm³/mol. The third kappa shape index (κ3) is 20.3. The summed E-state index contributed by atoms with van der Waals surface area (Å²) in [6.07, 6.45) is -1.21. The molecule has 1 aliphatic rings. The van der Waals surface area contributed by atoms with Gasteiger partial charge in [-0.25, -0.2) is 9.78 Å². The lowest BCUT2D eigenvalue weighted by atomic mass is 10.0. The van der Waals surface area contributed by atoms with Gasteiger partial charge in [0.15, 0.2) is 11.9 Å². The predicted octanol–water partition coefficient (Wildman–Crippen LogP) is -8.10. The third-order valence-corrected chi connectivity index (χ3v) is 10.6. The van der Waals surface area contributed by atoms with E-state index in [1.165, 1.54) is 12.5 Å². The number of likely N-dealkylation sites (tertiary alicyclic amines) is 1. The Kier molecular flexibility index (Phi) is 24.4. The summed E-state index contributed by atoms with van der Waals surface area (Å²) in [4.78, 5) is 139. The van der Waals surface area contributed by atoms with Crippen LogP contribution in [0, 0.1) is 10.8 Å². The molecule has 1 aromatic heterocycles. The van der Waals surface area contributed by atoms with E-state index in [2.05, 4.69) is 52.5 Å². The van der Waals surface area contributed by atoms with Crippen molar-refractivity contribution in [2.24, 2.45) is 22.9 Å². The van der Waals surface area contributed by atoms with Crippen molar-refractivity contribution in [3.63, 3.8) is 0 Å². The number of imidazole rings is 1. The summed E-state index contributed by atoms with van der Waals surface area (Å²) in [5, 5.41) is 72.9. The molecule has 8 amide bonds. The normalized spacial score (nSPS) is 16.5. The van der Waals surface area contributed by atoms with Gasteiger partial charge in [-0.3, -0.25) is 54.0 Å². The maximum atomic E-state index is 14.1. The Balaban J connectivity index is 2.42. The molecule has 0 unspecified atom stereocenters. The number of primary amides is 1. The number of hydrogen-bond acceptors (Lipinski definition) is 16. The molecule has 1 fully saturated rings. The van der Waals surface area contributed by atoms with Crippen molar-refractivity contribution in [1.82, 2.24) is 57.4 Å². The van der Waals surface area contributed by atoms with Crippen molar-refractivity contribution in [2.75, 3.05) is 26.2 Å². The van der Waals surface area contributed by atoms with Gasteiger partial charge in [-0.1, -0.05) is 0 Å². The van der Waals surface area contributed by atoms with Gasteiger partial charge in [0, 0.05) is 38.7 Å². The van der Waals surface area contributed by atoms with Crippen LogP contribution in [0.5, 0.6) is 0 Å². The van der Waals surface area contributed by atoms with Crippen LogP contribution in [0.3, 0.4) is 0 Å². The topological polar surface area (TPSA) is 532 Å². The standard InChI is InChI=1S/C39H65N17O14/c1-18(58)29(55-30(62)20(40)16-57)35(67)53-24(14-27(41)59)36(68)56-12-4-7-26(56)34(66)52-22(6-3-11-48-39(44)45)31(63)51-23(8-9-28(60)61)33(65)50-21(5-2-10-47-38(42)43)32(64)54-25(37(69)70)13-19-15-46-17-49-19/h15,17-18,20-26,29,57-58H,2-14,16,40H2,1H3,(H2,41,59)(H,46,49)(H,50,65)(H,51,63)(H,52,66)(H,53,67)(H,54,64)(H,55,62)(H,60,61)(H,69,70)(H4,42,43,47)(H4,44,45,48)/t18-,20+,21+,22+,23+,24+,25+,26+,29+/m1/s1. The molecule has 0 saturated carbocycles. The molecule has 0 aliphatic carbocycles. The van der Waals surface area contributed by atoms with E-state index in [1.807, 2.05) is 0 Å². The average Bonchev–Trinajstić information content (AvgIpc) is 4.00. The van der Waals surface area contributed by atoms with Gasteiger partial charge in [-0.05, 0) is 51.9 Å². The number of aromatic nitrogens is 2. The molecule has 1 aromatic rings. The zero-order valence-electron chi connectivity index (χ0n) is 38.3. The van der Waals surface area contributed by atoms with E-state index in [-0.39, 0.29) is 70.3 Å². The van der Waals surface area contributed by atoms with Gasteiger partial charge < -0.3 is 95.8 Å². The fourth-order valence-corrected chi connectivity index (χ4v) is 6.94. The van der Waals surface area contributed by atoms with Crippen LogP contribution >= 0.6 is 0 Å². The number of rotatable bonds is 31. The maximum Gasteiger partial charge on any atom is 0.326 e. The number of aliphatic hydroxyl groups is 2. The van der Waals surface area contributed by atoms with Crippen molar-refractivity contribution in [1.29, 1.82) is 10.8 Å². The number of carboxylic acids is 2. The number of guanidine groups is 2. The molecule has 70 heavy (non-hydrogen) atoms. The van der Waals surface area contributed by atoms with Crippen LogP contribution < -0.4 is 65.5 Å². The lowest BCUT2D eigenvalue weighted by molar-refractivity contribution is -0.144. The fraction of sp³-hybridized carbons (Fsp3) is 0.615. The summed E-state index contributed by atoms with van der Waals surface area (Å²) in [7, 11) is 0. The number of aliphatic carboxylic acids is 2. The summed E-state index contributed by atoms with van der Waals surface area (Å²) >= 11 is 0. The number of hydrogen-bond donors (Lipinski definition) is 19. The Morgan fingerprint density at radius 2 is 1.30 bits per heavy atom. The first kappa shape index (κ1) is 58.5. The number of aromatic amines is 1. The zero-order chi connectivity index (χ0) is 52.7. The summed E-state index contributed by atoms with van der Waals surface area (Å²) < 4.78 is 0. The number of aliphatic hydroxyl groups excluding tert-OH is 2. The smallest absolute Gasteiger partial charge is 0.326 e. The molecule has 390 valence electrons. The van der Waals surface area contributed by atoms with E-state index >= 15 is 0 Å². The number of nitrogens with two attached hydrogens (primary N) is 4. The monoisotopic (exact) mass is 995 g/mol. The van der Waals surface area contributed by atoms with Gasteiger partial charge >= 0.3 is 11.9 Å². The van der Waals surface area contributed by atoms with Gasteiger partial charge in [-0.2, -0.15) is 0 Å². The summed E-state index contributed by atoms with van der Waals surface area (Å²) in [5.74, 6) is -11.9. The quantitative estimate of drug-likeness (QED) is 0.0187. The highest BCUT2D eigenvalue weighted by atomic mass is 16.4. The van der Waals surface area contributed by atoms with Gasteiger partial charge in [0.1, 0.15) is 48.3 Å². The van der Waals surface area contributed by atoms with Crippen molar-refractivity contribution in [3.8, 4) is 0 Å². The molecule has 2 rings (SSSR count). The molecule has 31 heteroatoms. The second kappa shape index (κ2) is 29.3. The second-order valence-corrected chi connectivity index (χ2v) is 16.2. The molecule has 0 aromatic carbocycles. The molecule has 1 aliphatic heterocycles. The molecule has 9 atom stereocenters. The van der Waals surface area contributed by atoms with Crippen LogP contribution in [0.1, 0.15) is 70.4 Å². The number of nitrogens with zero attached hydrogens (tertiary/aromatic N) is 2. The van der Waals surface area contributed by atoms with Crippen molar-refractivity contribution >= 4 is 71.1 Å². The Labute approximate surface area is 400 Å². The minimum Gasteiger partial charge on any atom is -0.481 e. The highest BCUT2D eigenvalue weighted by Gasteiger charge is 2.41. The first-order chi connectivity index (χ1) is 32.9. The molecular weight excluding hydrogens is 931 g/mol. The van der Waals surface area contributed by atoms with Gasteiger partial charge in [0.2, 0.25) is 47.3 Å².